The van der Waals surface area contributed by atoms with Gasteiger partial charge in [-0.2, -0.15) is 0 Å². The van der Waals surface area contributed by atoms with Crippen molar-refractivity contribution >= 4 is 11.8 Å². The van der Waals surface area contributed by atoms with Gasteiger partial charge in [-0.05, 0) is 17.9 Å². The lowest BCUT2D eigenvalue weighted by Gasteiger charge is -2.03. The van der Waals surface area contributed by atoms with Gasteiger partial charge < -0.3 is 4.57 Å². The molecule has 0 amide bonds. The third kappa shape index (κ3) is 1.95. The molecule has 3 nitrogen and oxygen atoms in total. The van der Waals surface area contributed by atoms with Gasteiger partial charge in [-0.3, -0.25) is 0 Å². The molecule has 0 saturated carbocycles. The Kier molecular flexibility index (Phi) is 3.24. The minimum absolute atomic E-state index is 0.272. The molecule has 0 aliphatic rings. The maximum Gasteiger partial charge on any atom is 0.191 e. The van der Waals surface area contributed by atoms with Crippen LogP contribution in [0.3, 0.4) is 0 Å². The van der Waals surface area contributed by atoms with E-state index in [1.807, 2.05) is 18.5 Å². The third-order valence-corrected chi connectivity index (χ3v) is 3.13. The van der Waals surface area contributed by atoms with E-state index in [-0.39, 0.29) is 5.82 Å². The molecule has 0 aliphatic heterocycles. The summed E-state index contributed by atoms with van der Waals surface area (Å²) in [5, 5.41) is 8.86. The van der Waals surface area contributed by atoms with Crippen molar-refractivity contribution in [2.75, 3.05) is 5.75 Å². The topological polar surface area (TPSA) is 30.7 Å². The van der Waals surface area contributed by atoms with Crippen LogP contribution in [0.15, 0.2) is 29.4 Å². The molecular formula is C11H12FN3S. The van der Waals surface area contributed by atoms with Crippen molar-refractivity contribution in [3.8, 4) is 11.4 Å². The van der Waals surface area contributed by atoms with Gasteiger partial charge in [0.25, 0.3) is 0 Å². The van der Waals surface area contributed by atoms with Crippen molar-refractivity contribution in [2.45, 2.75) is 12.1 Å². The van der Waals surface area contributed by atoms with Gasteiger partial charge >= 0.3 is 0 Å². The van der Waals surface area contributed by atoms with Crippen LogP contribution >= 0.6 is 11.8 Å². The standard InChI is InChI=1S/C11H12FN3S/c1-3-16-11-14-13-10(15(11)2)8-6-4-5-7-9(8)12/h4-7H,3H2,1-2H3. The van der Waals surface area contributed by atoms with Crippen molar-refractivity contribution in [3.05, 3.63) is 30.1 Å². The number of benzene rings is 1. The smallest absolute Gasteiger partial charge is 0.191 e. The van der Waals surface area contributed by atoms with E-state index in [1.165, 1.54) is 6.07 Å². The van der Waals surface area contributed by atoms with Crippen molar-refractivity contribution < 1.29 is 4.39 Å². The molecule has 16 heavy (non-hydrogen) atoms. The number of thioether (sulfide) groups is 1. The summed E-state index contributed by atoms with van der Waals surface area (Å²) in [4.78, 5) is 0. The van der Waals surface area contributed by atoms with Gasteiger partial charge in [-0.25, -0.2) is 4.39 Å². The van der Waals surface area contributed by atoms with Gasteiger partial charge in [-0.1, -0.05) is 30.8 Å². The molecule has 2 rings (SSSR count). The van der Waals surface area contributed by atoms with Crippen LogP contribution < -0.4 is 0 Å². The summed E-state index contributed by atoms with van der Waals surface area (Å²) in [6.45, 7) is 2.04. The van der Waals surface area contributed by atoms with Crippen molar-refractivity contribution in [1.29, 1.82) is 0 Å². The molecule has 0 atom stereocenters. The lowest BCUT2D eigenvalue weighted by atomic mass is 10.2. The summed E-state index contributed by atoms with van der Waals surface area (Å²) in [6, 6.07) is 6.59. The van der Waals surface area contributed by atoms with Crippen molar-refractivity contribution in [1.82, 2.24) is 14.8 Å². The van der Waals surface area contributed by atoms with Gasteiger partial charge in [0.05, 0.1) is 5.56 Å². The van der Waals surface area contributed by atoms with E-state index in [0.29, 0.717) is 11.4 Å². The fourth-order valence-electron chi connectivity index (χ4n) is 1.45. The zero-order valence-electron chi connectivity index (χ0n) is 9.14. The molecule has 0 unspecified atom stereocenters. The number of halogens is 1. The first kappa shape index (κ1) is 11.1. The molecule has 0 bridgehead atoms. The molecule has 84 valence electrons. The molecular weight excluding hydrogens is 225 g/mol. The highest BCUT2D eigenvalue weighted by Gasteiger charge is 2.13. The van der Waals surface area contributed by atoms with E-state index in [9.17, 15) is 4.39 Å². The summed E-state index contributed by atoms with van der Waals surface area (Å²) >= 11 is 1.59. The SMILES string of the molecule is CCSc1nnc(-c2ccccc2F)n1C. The minimum atomic E-state index is -0.272. The van der Waals surface area contributed by atoms with E-state index in [1.54, 1.807) is 30.0 Å². The highest BCUT2D eigenvalue weighted by molar-refractivity contribution is 7.99. The summed E-state index contributed by atoms with van der Waals surface area (Å²) < 4.78 is 15.4. The first-order valence-electron chi connectivity index (χ1n) is 5.01. The Labute approximate surface area is 97.7 Å². The highest BCUT2D eigenvalue weighted by atomic mass is 32.2. The van der Waals surface area contributed by atoms with Gasteiger partial charge in [-0.15, -0.1) is 10.2 Å². The van der Waals surface area contributed by atoms with E-state index in [0.717, 1.165) is 10.9 Å². The maximum absolute atomic E-state index is 13.6. The predicted molar refractivity (Wildman–Crippen MR) is 62.8 cm³/mol. The molecule has 0 spiro atoms. The van der Waals surface area contributed by atoms with E-state index in [2.05, 4.69) is 10.2 Å². The summed E-state index contributed by atoms with van der Waals surface area (Å²) in [5.41, 5.74) is 0.487. The Hall–Kier alpha value is -1.36. The van der Waals surface area contributed by atoms with E-state index < -0.39 is 0 Å². The second-order valence-electron chi connectivity index (χ2n) is 3.28. The number of hydrogen-bond acceptors (Lipinski definition) is 3. The van der Waals surface area contributed by atoms with Crippen LogP contribution in [0.25, 0.3) is 11.4 Å². The Balaban J connectivity index is 2.45. The summed E-state index contributed by atoms with van der Waals surface area (Å²) in [6.07, 6.45) is 0. The van der Waals surface area contributed by atoms with Gasteiger partial charge in [0, 0.05) is 7.05 Å². The number of hydrogen-bond donors (Lipinski definition) is 0. The normalized spacial score (nSPS) is 10.7. The fourth-order valence-corrected chi connectivity index (χ4v) is 2.08. The molecule has 2 aromatic rings. The molecule has 1 aromatic heterocycles. The third-order valence-electron chi connectivity index (χ3n) is 2.22. The monoisotopic (exact) mass is 237 g/mol. The first-order valence-corrected chi connectivity index (χ1v) is 5.99. The number of aromatic nitrogens is 3. The van der Waals surface area contributed by atoms with Crippen LogP contribution in [0.4, 0.5) is 4.39 Å². The number of nitrogens with zero attached hydrogens (tertiary/aromatic N) is 3. The molecule has 0 fully saturated rings. The second-order valence-corrected chi connectivity index (χ2v) is 4.51. The molecule has 0 N–H and O–H groups in total. The molecule has 0 aliphatic carbocycles. The fraction of sp³-hybridized carbons (Fsp3) is 0.273. The van der Waals surface area contributed by atoms with E-state index in [4.69, 9.17) is 0 Å². The van der Waals surface area contributed by atoms with Gasteiger partial charge in [0.15, 0.2) is 11.0 Å². The first-order chi connectivity index (χ1) is 7.74. The largest absolute Gasteiger partial charge is 0.305 e. The lowest BCUT2D eigenvalue weighted by molar-refractivity contribution is 0.628. The quantitative estimate of drug-likeness (QED) is 0.769. The van der Waals surface area contributed by atoms with Crippen LogP contribution in [-0.4, -0.2) is 20.5 Å². The molecule has 0 radical (unpaired) electrons. The van der Waals surface area contributed by atoms with Crippen LogP contribution in [0, 0.1) is 5.82 Å². The Bertz CT molecular complexity index is 496. The van der Waals surface area contributed by atoms with Gasteiger partial charge in [0.2, 0.25) is 0 Å². The Morgan fingerprint density at radius 1 is 1.31 bits per heavy atom. The van der Waals surface area contributed by atoms with Crippen molar-refractivity contribution in [2.24, 2.45) is 7.05 Å². The van der Waals surface area contributed by atoms with Gasteiger partial charge in [0.1, 0.15) is 5.82 Å². The van der Waals surface area contributed by atoms with Crippen LogP contribution in [0.2, 0.25) is 0 Å². The molecule has 0 saturated heterocycles. The maximum atomic E-state index is 13.6. The zero-order chi connectivity index (χ0) is 11.5. The molecule has 5 heteroatoms. The second kappa shape index (κ2) is 4.65. The van der Waals surface area contributed by atoms with Crippen molar-refractivity contribution in [3.63, 3.8) is 0 Å². The van der Waals surface area contributed by atoms with Crippen LogP contribution in [0.1, 0.15) is 6.92 Å². The summed E-state index contributed by atoms with van der Waals surface area (Å²) in [7, 11) is 1.85. The van der Waals surface area contributed by atoms with E-state index >= 15 is 0 Å². The average molecular weight is 237 g/mol. The average Bonchev–Trinajstić information content (AvgIpc) is 2.62. The van der Waals surface area contributed by atoms with Crippen LogP contribution in [-0.2, 0) is 7.05 Å². The lowest BCUT2D eigenvalue weighted by Crippen LogP contribution is -1.96. The van der Waals surface area contributed by atoms with Crippen LogP contribution in [0.5, 0.6) is 0 Å². The highest BCUT2D eigenvalue weighted by Crippen LogP contribution is 2.24. The minimum Gasteiger partial charge on any atom is -0.305 e. The predicted octanol–water partition coefficient (Wildman–Crippen LogP) is 2.73. The Morgan fingerprint density at radius 2 is 2.06 bits per heavy atom. The zero-order valence-corrected chi connectivity index (χ0v) is 9.96. The molecule has 1 heterocycles. The Morgan fingerprint density at radius 3 is 2.75 bits per heavy atom. The number of rotatable bonds is 3. The summed E-state index contributed by atoms with van der Waals surface area (Å²) in [5.74, 6) is 1.21. The molecule has 1 aromatic carbocycles.